The number of benzene rings is 1. The minimum atomic E-state index is -3.61. The number of thiophene rings is 1. The molecule has 1 aliphatic carbocycles. The van der Waals surface area contributed by atoms with E-state index in [0.29, 0.717) is 37.5 Å². The summed E-state index contributed by atoms with van der Waals surface area (Å²) < 4.78 is 27.4. The van der Waals surface area contributed by atoms with Crippen LogP contribution in [0.3, 0.4) is 0 Å². The first-order valence-electron chi connectivity index (χ1n) is 11.0. The lowest BCUT2D eigenvalue weighted by atomic mass is 9.90. The molecule has 2 heterocycles. The standard InChI is InChI=1S/C23H29N3O4S2/c1-15-3-8-21-17(13-15)14-22(31-21)23(28)25-19-9-11-26(12-10-19)32(29,30)20-6-4-18(5-7-20)24-16(2)27/h4-7,14-15,19H,3,8-13H2,1-2H3,(H,24,27)(H,25,28)/t15-/m0/s1. The molecule has 1 aromatic carbocycles. The van der Waals surface area contributed by atoms with Crippen molar-refractivity contribution in [3.05, 3.63) is 45.6 Å². The predicted octanol–water partition coefficient (Wildman–Crippen LogP) is 3.41. The second kappa shape index (κ2) is 9.33. The Morgan fingerprint density at radius 1 is 1.09 bits per heavy atom. The molecule has 2 aromatic rings. The van der Waals surface area contributed by atoms with Gasteiger partial charge in [-0.1, -0.05) is 6.92 Å². The van der Waals surface area contributed by atoms with E-state index in [4.69, 9.17) is 0 Å². The van der Waals surface area contributed by atoms with Crippen LogP contribution in [0, 0.1) is 5.92 Å². The number of nitrogens with one attached hydrogen (secondary N) is 2. The molecule has 1 aliphatic heterocycles. The van der Waals surface area contributed by atoms with Gasteiger partial charge in [-0.2, -0.15) is 4.31 Å². The Morgan fingerprint density at radius 3 is 2.44 bits per heavy atom. The topological polar surface area (TPSA) is 95.6 Å². The summed E-state index contributed by atoms with van der Waals surface area (Å²) in [6, 6.07) is 8.19. The maximum absolute atomic E-state index is 13.0. The third-order valence-corrected chi connectivity index (χ3v) is 9.30. The van der Waals surface area contributed by atoms with E-state index in [0.717, 1.165) is 17.7 Å². The minimum absolute atomic E-state index is 0.0332. The molecule has 2 N–H and O–H groups in total. The number of sulfonamides is 1. The van der Waals surface area contributed by atoms with Gasteiger partial charge in [-0.05, 0) is 73.9 Å². The molecule has 32 heavy (non-hydrogen) atoms. The van der Waals surface area contributed by atoms with E-state index in [-0.39, 0.29) is 22.8 Å². The van der Waals surface area contributed by atoms with Gasteiger partial charge in [-0.25, -0.2) is 8.42 Å². The van der Waals surface area contributed by atoms with Crippen molar-refractivity contribution >= 4 is 38.9 Å². The van der Waals surface area contributed by atoms with E-state index in [9.17, 15) is 18.0 Å². The van der Waals surface area contributed by atoms with Crippen LogP contribution in [0.1, 0.15) is 53.2 Å². The van der Waals surface area contributed by atoms with Crippen LogP contribution in [0.4, 0.5) is 5.69 Å². The fourth-order valence-corrected chi connectivity index (χ4v) is 6.96. The molecule has 1 atom stereocenters. The van der Waals surface area contributed by atoms with Gasteiger partial charge in [0.1, 0.15) is 0 Å². The zero-order valence-electron chi connectivity index (χ0n) is 18.4. The van der Waals surface area contributed by atoms with Crippen LogP contribution in [0.25, 0.3) is 0 Å². The van der Waals surface area contributed by atoms with Gasteiger partial charge >= 0.3 is 0 Å². The quantitative estimate of drug-likeness (QED) is 0.693. The van der Waals surface area contributed by atoms with Crippen LogP contribution < -0.4 is 10.6 Å². The number of nitrogens with zero attached hydrogens (tertiary/aromatic N) is 1. The first-order chi connectivity index (χ1) is 15.2. The predicted molar refractivity (Wildman–Crippen MR) is 126 cm³/mol. The summed E-state index contributed by atoms with van der Waals surface area (Å²) >= 11 is 1.60. The van der Waals surface area contributed by atoms with Crippen molar-refractivity contribution in [2.24, 2.45) is 5.92 Å². The summed E-state index contributed by atoms with van der Waals surface area (Å²) in [5, 5.41) is 5.73. The van der Waals surface area contributed by atoms with E-state index in [1.54, 1.807) is 23.5 Å². The fourth-order valence-electron chi connectivity index (χ4n) is 4.38. The zero-order valence-corrected chi connectivity index (χ0v) is 20.0. The smallest absolute Gasteiger partial charge is 0.261 e. The van der Waals surface area contributed by atoms with Crippen molar-refractivity contribution in [1.82, 2.24) is 9.62 Å². The highest BCUT2D eigenvalue weighted by molar-refractivity contribution is 7.89. The van der Waals surface area contributed by atoms with E-state index in [1.807, 2.05) is 6.07 Å². The summed E-state index contributed by atoms with van der Waals surface area (Å²) in [4.78, 5) is 26.2. The Hall–Kier alpha value is -2.23. The van der Waals surface area contributed by atoms with Gasteiger partial charge in [0.25, 0.3) is 5.91 Å². The van der Waals surface area contributed by atoms with Crippen molar-refractivity contribution < 1.29 is 18.0 Å². The molecule has 1 fully saturated rings. The number of hydrogen-bond acceptors (Lipinski definition) is 5. The Bertz CT molecular complexity index is 1100. The number of rotatable bonds is 5. The molecule has 1 saturated heterocycles. The van der Waals surface area contributed by atoms with Gasteiger partial charge in [-0.3, -0.25) is 9.59 Å². The first-order valence-corrected chi connectivity index (χ1v) is 13.3. The molecule has 2 aliphatic rings. The van der Waals surface area contributed by atoms with Crippen LogP contribution in [-0.2, 0) is 27.7 Å². The van der Waals surface area contributed by atoms with Gasteiger partial charge < -0.3 is 10.6 Å². The van der Waals surface area contributed by atoms with Crippen LogP contribution in [0.2, 0.25) is 0 Å². The number of anilines is 1. The lowest BCUT2D eigenvalue weighted by Gasteiger charge is -2.31. The number of amides is 2. The summed E-state index contributed by atoms with van der Waals surface area (Å²) in [5.41, 5.74) is 1.87. The lowest BCUT2D eigenvalue weighted by molar-refractivity contribution is -0.114. The normalized spacial score (nSPS) is 19.9. The van der Waals surface area contributed by atoms with Gasteiger partial charge in [0.15, 0.2) is 0 Å². The number of fused-ring (bicyclic) bond motifs is 1. The molecule has 1 aromatic heterocycles. The van der Waals surface area contributed by atoms with Gasteiger partial charge in [-0.15, -0.1) is 11.3 Å². The SMILES string of the molecule is CC(=O)Nc1ccc(S(=O)(=O)N2CCC(NC(=O)c3cc4c(s3)CC[C@H](C)C4)CC2)cc1. The van der Waals surface area contributed by atoms with E-state index in [2.05, 4.69) is 17.6 Å². The average molecular weight is 476 g/mol. The third-order valence-electron chi connectivity index (χ3n) is 6.15. The molecule has 4 rings (SSSR count). The van der Waals surface area contributed by atoms with E-state index >= 15 is 0 Å². The van der Waals surface area contributed by atoms with E-state index in [1.165, 1.54) is 40.2 Å². The number of carbonyl (C=O) groups is 2. The summed E-state index contributed by atoms with van der Waals surface area (Å²) in [5.74, 6) is 0.412. The van der Waals surface area contributed by atoms with Crippen molar-refractivity contribution in [3.8, 4) is 0 Å². The van der Waals surface area contributed by atoms with Crippen molar-refractivity contribution in [1.29, 1.82) is 0 Å². The van der Waals surface area contributed by atoms with Gasteiger partial charge in [0.05, 0.1) is 9.77 Å². The molecule has 9 heteroatoms. The monoisotopic (exact) mass is 475 g/mol. The van der Waals surface area contributed by atoms with Crippen LogP contribution in [-0.4, -0.2) is 43.7 Å². The minimum Gasteiger partial charge on any atom is -0.349 e. The Kier molecular flexibility index (Phi) is 6.69. The molecule has 0 saturated carbocycles. The zero-order chi connectivity index (χ0) is 22.9. The Labute approximate surface area is 193 Å². The van der Waals surface area contributed by atoms with Crippen LogP contribution in [0.15, 0.2) is 35.2 Å². The van der Waals surface area contributed by atoms with Crippen molar-refractivity contribution in [2.75, 3.05) is 18.4 Å². The number of aryl methyl sites for hydroxylation is 1. The molecule has 7 nitrogen and oxygen atoms in total. The summed E-state index contributed by atoms with van der Waals surface area (Å²) in [7, 11) is -3.61. The molecular weight excluding hydrogens is 446 g/mol. The molecule has 0 unspecified atom stereocenters. The largest absolute Gasteiger partial charge is 0.349 e. The average Bonchev–Trinajstić information content (AvgIpc) is 3.17. The first kappa shape index (κ1) is 22.9. The highest BCUT2D eigenvalue weighted by Crippen LogP contribution is 2.32. The fraction of sp³-hybridized carbons (Fsp3) is 0.478. The van der Waals surface area contributed by atoms with Crippen LogP contribution >= 0.6 is 11.3 Å². The molecule has 0 radical (unpaired) electrons. The maximum Gasteiger partial charge on any atom is 0.261 e. The maximum atomic E-state index is 13.0. The molecule has 172 valence electrons. The molecule has 0 spiro atoms. The van der Waals surface area contributed by atoms with Crippen molar-refractivity contribution in [2.45, 2.75) is 56.9 Å². The molecule has 0 bridgehead atoms. The number of hydrogen-bond donors (Lipinski definition) is 2. The van der Waals surface area contributed by atoms with Gasteiger partial charge in [0.2, 0.25) is 15.9 Å². The lowest BCUT2D eigenvalue weighted by Crippen LogP contribution is -2.46. The van der Waals surface area contributed by atoms with Crippen molar-refractivity contribution in [3.63, 3.8) is 0 Å². The van der Waals surface area contributed by atoms with Crippen LogP contribution in [0.5, 0.6) is 0 Å². The summed E-state index contributed by atoms with van der Waals surface area (Å²) in [6.07, 6.45) is 4.43. The van der Waals surface area contributed by atoms with E-state index < -0.39 is 10.0 Å². The number of carbonyl (C=O) groups excluding carboxylic acids is 2. The number of piperidine rings is 1. The molecule has 2 amide bonds. The third kappa shape index (κ3) is 5.05. The Morgan fingerprint density at radius 2 is 1.78 bits per heavy atom. The Balaban J connectivity index is 1.33. The highest BCUT2D eigenvalue weighted by Gasteiger charge is 2.30. The highest BCUT2D eigenvalue weighted by atomic mass is 32.2. The second-order valence-electron chi connectivity index (χ2n) is 8.76. The second-order valence-corrected chi connectivity index (χ2v) is 11.8. The molecular formula is C23H29N3O4S2. The summed E-state index contributed by atoms with van der Waals surface area (Å²) in [6.45, 7) is 4.37. The van der Waals surface area contributed by atoms with Gasteiger partial charge in [0, 0.05) is 36.6 Å².